The number of carbonyl (C=O) groups is 5. The highest BCUT2D eigenvalue weighted by Gasteiger charge is 2.48. The Morgan fingerprint density at radius 2 is 1.68 bits per heavy atom. The molecule has 3 amide bonds. The number of ether oxygens (including phenoxy) is 4. The van der Waals surface area contributed by atoms with E-state index in [0.717, 1.165) is 37.2 Å². The molecule has 2 fully saturated rings. The number of thiol groups is 1. The molecule has 13 nitrogen and oxygen atoms in total. The highest BCUT2D eigenvalue weighted by Crippen LogP contribution is 2.45. The highest BCUT2D eigenvalue weighted by atomic mass is 35.5. The molecular formula is C47H65ClN4O9S. The molecule has 15 heteroatoms. The second-order valence-electron chi connectivity index (χ2n) is 18.6. The topological polar surface area (TPSA) is 156 Å². The summed E-state index contributed by atoms with van der Waals surface area (Å²) in [5, 5.41) is 5.94. The van der Waals surface area contributed by atoms with Crippen molar-refractivity contribution in [3.63, 3.8) is 0 Å². The zero-order valence-corrected chi connectivity index (χ0v) is 39.1. The quantitative estimate of drug-likeness (QED) is 0.119. The van der Waals surface area contributed by atoms with Crippen molar-refractivity contribution in [2.45, 2.75) is 122 Å². The van der Waals surface area contributed by atoms with Crippen molar-refractivity contribution >= 4 is 53.9 Å². The summed E-state index contributed by atoms with van der Waals surface area (Å²) in [5.74, 6) is -2.02. The molecule has 0 unspecified atom stereocenters. The Kier molecular flexibility index (Phi) is 17.0. The van der Waals surface area contributed by atoms with Gasteiger partial charge in [-0.1, -0.05) is 82.6 Å². The average molecular weight is 898 g/mol. The van der Waals surface area contributed by atoms with E-state index in [1.165, 1.54) is 13.2 Å². The maximum atomic E-state index is 13.9. The van der Waals surface area contributed by atoms with Gasteiger partial charge in [0.1, 0.15) is 24.0 Å². The molecule has 0 spiro atoms. The van der Waals surface area contributed by atoms with Gasteiger partial charge in [-0.15, -0.1) is 0 Å². The number of esters is 2. The SMILES string of the molecule is COc1ccc(C[C@H]2NC(=O)C=CC[C@@H]([C@H](C)[C@H]3O[C@@H]3c3ccc(CN4CCN(C(=O)CCC(C)(C)S)CC4)cc3)OC(=O)[C@H](CC(C)C)OC(=O)C(C)(C)CNC2=O)cc1Cl. The van der Waals surface area contributed by atoms with Crippen LogP contribution in [-0.2, 0) is 51.1 Å². The lowest BCUT2D eigenvalue weighted by Crippen LogP contribution is -2.51. The summed E-state index contributed by atoms with van der Waals surface area (Å²) in [6.07, 6.45) is 2.30. The van der Waals surface area contributed by atoms with E-state index in [1.807, 2.05) is 39.5 Å². The summed E-state index contributed by atoms with van der Waals surface area (Å²) in [5.41, 5.74) is 1.62. The summed E-state index contributed by atoms with van der Waals surface area (Å²) < 4.78 is 23.3. The van der Waals surface area contributed by atoms with Gasteiger partial charge in [-0.3, -0.25) is 24.1 Å². The number of amides is 3. The molecular weight excluding hydrogens is 832 g/mol. The van der Waals surface area contributed by atoms with Gasteiger partial charge in [-0.05, 0) is 67.5 Å². The number of epoxide rings is 1. The molecule has 62 heavy (non-hydrogen) atoms. The summed E-state index contributed by atoms with van der Waals surface area (Å²) in [6, 6.07) is 12.4. The molecule has 2 aromatic carbocycles. The van der Waals surface area contributed by atoms with Crippen molar-refractivity contribution in [3.8, 4) is 5.75 Å². The van der Waals surface area contributed by atoms with Crippen LogP contribution >= 0.6 is 24.2 Å². The number of nitrogens with zero attached hydrogens (tertiary/aromatic N) is 2. The fraction of sp³-hybridized carbons (Fsp3) is 0.596. The standard InChI is InChI=1S/C47H65ClN4O9S/c1-29(2)24-38-44(56)59-36(10-9-11-39(53)50-35(26-32-14-17-37(58-8)34(48)25-32)43(55)49-28-46(4,5)45(57)60-38)30(3)41-42(61-41)33-15-12-31(13-16-33)27-51-20-22-52(23-21-51)40(54)18-19-47(6,7)62/h9,11-17,25,29-30,35-36,38,41-42,62H,10,18-24,26-28H2,1-8H3,(H,49,55)(H,50,53)/t30-,35+,36-,38-,41+,42+/m0/s1. The van der Waals surface area contributed by atoms with Gasteiger partial charge in [0.25, 0.3) is 0 Å². The monoisotopic (exact) mass is 896 g/mol. The molecule has 5 rings (SSSR count). The van der Waals surface area contributed by atoms with Crippen LogP contribution in [0.25, 0.3) is 0 Å². The largest absolute Gasteiger partial charge is 0.495 e. The van der Waals surface area contributed by atoms with Crippen molar-refractivity contribution in [1.82, 2.24) is 20.4 Å². The van der Waals surface area contributed by atoms with Crippen molar-refractivity contribution in [1.29, 1.82) is 0 Å². The zero-order chi connectivity index (χ0) is 45.4. The number of methoxy groups -OCH3 is 1. The second-order valence-corrected chi connectivity index (χ2v) is 20.2. The van der Waals surface area contributed by atoms with Crippen molar-refractivity contribution in [2.75, 3.05) is 39.8 Å². The maximum absolute atomic E-state index is 13.9. The van der Waals surface area contributed by atoms with Crippen molar-refractivity contribution in [3.05, 3.63) is 76.3 Å². The van der Waals surface area contributed by atoms with Gasteiger partial charge in [0.05, 0.1) is 23.7 Å². The molecule has 6 atom stereocenters. The normalized spacial score (nSPS) is 24.8. The van der Waals surface area contributed by atoms with E-state index in [0.29, 0.717) is 35.8 Å². The van der Waals surface area contributed by atoms with Crippen LogP contribution in [0.1, 0.15) is 96.9 Å². The van der Waals surface area contributed by atoms with Crippen LogP contribution in [0.4, 0.5) is 0 Å². The van der Waals surface area contributed by atoms with Crippen molar-refractivity contribution < 1.29 is 42.9 Å². The molecule has 0 aromatic heterocycles. The molecule has 3 aliphatic heterocycles. The van der Waals surface area contributed by atoms with Gasteiger partial charge in [-0.2, -0.15) is 12.6 Å². The van der Waals surface area contributed by atoms with E-state index in [4.69, 9.17) is 30.5 Å². The number of carbonyl (C=O) groups excluding carboxylic acids is 5. The van der Waals surface area contributed by atoms with Crippen LogP contribution < -0.4 is 15.4 Å². The lowest BCUT2D eigenvalue weighted by molar-refractivity contribution is -0.179. The Morgan fingerprint density at radius 3 is 2.31 bits per heavy atom. The lowest BCUT2D eigenvalue weighted by atomic mass is 9.92. The summed E-state index contributed by atoms with van der Waals surface area (Å²) in [7, 11) is 1.51. The van der Waals surface area contributed by atoms with E-state index >= 15 is 0 Å². The zero-order valence-electron chi connectivity index (χ0n) is 37.4. The first-order chi connectivity index (χ1) is 29.2. The highest BCUT2D eigenvalue weighted by molar-refractivity contribution is 7.81. The van der Waals surface area contributed by atoms with Gasteiger partial charge < -0.3 is 34.5 Å². The number of nitrogens with one attached hydrogen (secondary N) is 2. The molecule has 0 aliphatic carbocycles. The first kappa shape index (κ1) is 48.9. The fourth-order valence-electron chi connectivity index (χ4n) is 7.62. The molecule has 0 saturated carbocycles. The van der Waals surface area contributed by atoms with Gasteiger partial charge in [0, 0.05) is 69.2 Å². The first-order valence-corrected chi connectivity index (χ1v) is 22.5. The van der Waals surface area contributed by atoms with Crippen LogP contribution in [0.2, 0.25) is 5.02 Å². The molecule has 0 bridgehead atoms. The lowest BCUT2D eigenvalue weighted by Gasteiger charge is -2.35. The van der Waals surface area contributed by atoms with Gasteiger partial charge in [-0.25, -0.2) is 4.79 Å². The van der Waals surface area contributed by atoms with E-state index in [-0.39, 0.29) is 60.5 Å². The summed E-state index contributed by atoms with van der Waals surface area (Å²) in [4.78, 5) is 71.5. The minimum atomic E-state index is -1.23. The van der Waals surface area contributed by atoms with Crippen LogP contribution in [0.15, 0.2) is 54.6 Å². The smallest absolute Gasteiger partial charge is 0.347 e. The van der Waals surface area contributed by atoms with E-state index in [2.05, 4.69) is 52.4 Å². The molecule has 2 aromatic rings. The Hall–Kier alpha value is -4.11. The Labute approximate surface area is 377 Å². The molecule has 2 N–H and O–H groups in total. The van der Waals surface area contributed by atoms with Gasteiger partial charge >= 0.3 is 11.9 Å². The number of hydrogen-bond donors (Lipinski definition) is 3. The molecule has 0 radical (unpaired) electrons. The third-order valence-electron chi connectivity index (χ3n) is 11.7. The average Bonchev–Trinajstić information content (AvgIpc) is 4.02. The van der Waals surface area contributed by atoms with Gasteiger partial charge in [0.2, 0.25) is 17.7 Å². The number of cyclic esters (lactones) is 2. The molecule has 340 valence electrons. The Bertz CT molecular complexity index is 1930. The number of rotatable bonds is 13. The van der Waals surface area contributed by atoms with Crippen LogP contribution in [0.3, 0.4) is 0 Å². The Balaban J connectivity index is 1.27. The van der Waals surface area contributed by atoms with Crippen LogP contribution in [0.5, 0.6) is 5.75 Å². The summed E-state index contributed by atoms with van der Waals surface area (Å²) >= 11 is 10.9. The predicted octanol–water partition coefficient (Wildman–Crippen LogP) is 6.26. The van der Waals surface area contributed by atoms with Crippen LogP contribution in [0, 0.1) is 17.3 Å². The van der Waals surface area contributed by atoms with E-state index in [1.54, 1.807) is 38.1 Å². The molecule has 3 aliphatic rings. The first-order valence-electron chi connectivity index (χ1n) is 21.7. The molecule has 3 heterocycles. The maximum Gasteiger partial charge on any atom is 0.347 e. The molecule has 2 saturated heterocycles. The predicted molar refractivity (Wildman–Crippen MR) is 241 cm³/mol. The van der Waals surface area contributed by atoms with E-state index in [9.17, 15) is 24.0 Å². The Morgan fingerprint density at radius 1 is 1.00 bits per heavy atom. The fourth-order valence-corrected chi connectivity index (χ4v) is 8.01. The van der Waals surface area contributed by atoms with Crippen molar-refractivity contribution in [2.24, 2.45) is 17.3 Å². The number of benzene rings is 2. The number of hydrogen-bond acceptors (Lipinski definition) is 11. The minimum Gasteiger partial charge on any atom is -0.495 e. The van der Waals surface area contributed by atoms with E-state index < -0.39 is 47.4 Å². The second kappa shape index (κ2) is 21.5. The summed E-state index contributed by atoms with van der Waals surface area (Å²) in [6.45, 7) is 16.8. The van der Waals surface area contributed by atoms with Crippen LogP contribution in [-0.4, -0.2) is 108 Å². The third kappa shape index (κ3) is 14.2. The number of piperazine rings is 1. The minimum absolute atomic E-state index is 0.00532. The van der Waals surface area contributed by atoms with Gasteiger partial charge in [0.15, 0.2) is 6.10 Å². The third-order valence-corrected chi connectivity index (χ3v) is 12.2. The number of halogens is 1.